The van der Waals surface area contributed by atoms with E-state index in [0.29, 0.717) is 18.1 Å². The van der Waals surface area contributed by atoms with Gasteiger partial charge in [0, 0.05) is 19.3 Å². The van der Waals surface area contributed by atoms with Gasteiger partial charge in [-0.15, -0.1) is 0 Å². The molecule has 0 fully saturated rings. The molecule has 5 nitrogen and oxygen atoms in total. The number of hydrazine groups is 1. The van der Waals surface area contributed by atoms with Crippen LogP contribution in [0.4, 0.5) is 0 Å². The summed E-state index contributed by atoms with van der Waals surface area (Å²) in [7, 11) is 3.24. The Morgan fingerprint density at radius 2 is 1.89 bits per heavy atom. The van der Waals surface area contributed by atoms with Crippen LogP contribution in [0.15, 0.2) is 18.2 Å². The Kier molecular flexibility index (Phi) is 7.25. The van der Waals surface area contributed by atoms with Crippen molar-refractivity contribution in [3.05, 3.63) is 23.8 Å². The van der Waals surface area contributed by atoms with Crippen molar-refractivity contribution in [3.63, 3.8) is 0 Å². The monoisotopic (exact) mass is 268 g/mol. The van der Waals surface area contributed by atoms with Crippen LogP contribution in [0.2, 0.25) is 0 Å². The van der Waals surface area contributed by atoms with Crippen molar-refractivity contribution in [2.45, 2.75) is 25.8 Å². The van der Waals surface area contributed by atoms with E-state index < -0.39 is 0 Å². The zero-order valence-corrected chi connectivity index (χ0v) is 11.9. The maximum absolute atomic E-state index is 5.60. The van der Waals surface area contributed by atoms with Crippen LogP contribution in [0.3, 0.4) is 0 Å². The summed E-state index contributed by atoms with van der Waals surface area (Å²) in [5, 5.41) is 0. The van der Waals surface area contributed by atoms with E-state index in [-0.39, 0.29) is 6.04 Å². The zero-order valence-electron chi connectivity index (χ0n) is 11.9. The summed E-state index contributed by atoms with van der Waals surface area (Å²) < 4.78 is 16.0. The molecule has 0 saturated heterocycles. The van der Waals surface area contributed by atoms with Gasteiger partial charge in [-0.2, -0.15) is 0 Å². The van der Waals surface area contributed by atoms with Crippen molar-refractivity contribution in [3.8, 4) is 11.5 Å². The fourth-order valence-corrected chi connectivity index (χ4v) is 1.86. The van der Waals surface area contributed by atoms with Crippen LogP contribution < -0.4 is 20.7 Å². The van der Waals surface area contributed by atoms with Crippen LogP contribution >= 0.6 is 0 Å². The second-order valence-corrected chi connectivity index (χ2v) is 4.23. The standard InChI is InChI=1S/C14H24N2O3/c1-4-8-19-9-7-12(16-15)11-5-6-13(17-2)14(10-11)18-3/h5-6,10,12,16H,4,7-9,15H2,1-3H3. The van der Waals surface area contributed by atoms with Crippen molar-refractivity contribution < 1.29 is 14.2 Å². The van der Waals surface area contributed by atoms with E-state index in [1.54, 1.807) is 14.2 Å². The number of ether oxygens (including phenoxy) is 3. The molecule has 19 heavy (non-hydrogen) atoms. The van der Waals surface area contributed by atoms with Crippen molar-refractivity contribution in [2.24, 2.45) is 5.84 Å². The first-order chi connectivity index (χ1) is 9.26. The molecule has 0 aliphatic heterocycles. The van der Waals surface area contributed by atoms with Gasteiger partial charge < -0.3 is 14.2 Å². The van der Waals surface area contributed by atoms with Gasteiger partial charge in [-0.05, 0) is 30.5 Å². The molecule has 1 unspecified atom stereocenters. The zero-order chi connectivity index (χ0) is 14.1. The Morgan fingerprint density at radius 3 is 2.47 bits per heavy atom. The Morgan fingerprint density at radius 1 is 1.16 bits per heavy atom. The number of nitrogens with two attached hydrogens (primary N) is 1. The van der Waals surface area contributed by atoms with Gasteiger partial charge in [-0.25, -0.2) is 0 Å². The highest BCUT2D eigenvalue weighted by Crippen LogP contribution is 2.30. The van der Waals surface area contributed by atoms with Crippen molar-refractivity contribution in [1.82, 2.24) is 5.43 Å². The van der Waals surface area contributed by atoms with Crippen molar-refractivity contribution in [1.29, 1.82) is 0 Å². The average Bonchev–Trinajstić information content (AvgIpc) is 2.46. The van der Waals surface area contributed by atoms with Crippen molar-refractivity contribution >= 4 is 0 Å². The van der Waals surface area contributed by atoms with Gasteiger partial charge >= 0.3 is 0 Å². The van der Waals surface area contributed by atoms with Crippen LogP contribution in [0.25, 0.3) is 0 Å². The van der Waals surface area contributed by atoms with E-state index in [0.717, 1.165) is 25.0 Å². The lowest BCUT2D eigenvalue weighted by Crippen LogP contribution is -2.29. The molecule has 0 bridgehead atoms. The lowest BCUT2D eigenvalue weighted by molar-refractivity contribution is 0.124. The lowest BCUT2D eigenvalue weighted by Gasteiger charge is -2.18. The largest absolute Gasteiger partial charge is 0.493 e. The topological polar surface area (TPSA) is 65.7 Å². The molecule has 5 heteroatoms. The van der Waals surface area contributed by atoms with Crippen LogP contribution in [-0.4, -0.2) is 27.4 Å². The molecule has 0 saturated carbocycles. The van der Waals surface area contributed by atoms with Gasteiger partial charge in [0.1, 0.15) is 0 Å². The van der Waals surface area contributed by atoms with E-state index in [1.807, 2.05) is 18.2 Å². The van der Waals surface area contributed by atoms with Gasteiger partial charge in [0.2, 0.25) is 0 Å². The summed E-state index contributed by atoms with van der Waals surface area (Å²) in [5.74, 6) is 7.02. The molecular weight excluding hydrogens is 244 g/mol. The third-order valence-corrected chi connectivity index (χ3v) is 2.91. The van der Waals surface area contributed by atoms with E-state index in [4.69, 9.17) is 20.1 Å². The van der Waals surface area contributed by atoms with Crippen LogP contribution in [0.5, 0.6) is 11.5 Å². The SMILES string of the molecule is CCCOCCC(NN)c1ccc(OC)c(OC)c1. The number of hydrogen-bond acceptors (Lipinski definition) is 5. The Hall–Kier alpha value is -1.30. The first-order valence-electron chi connectivity index (χ1n) is 6.52. The third kappa shape index (κ3) is 4.70. The summed E-state index contributed by atoms with van der Waals surface area (Å²) in [5.41, 5.74) is 3.86. The Bertz CT molecular complexity index is 372. The molecule has 1 aromatic carbocycles. The first-order valence-corrected chi connectivity index (χ1v) is 6.52. The molecule has 3 N–H and O–H groups in total. The van der Waals surface area contributed by atoms with E-state index in [9.17, 15) is 0 Å². The highest BCUT2D eigenvalue weighted by Gasteiger charge is 2.13. The van der Waals surface area contributed by atoms with Crippen LogP contribution in [-0.2, 0) is 4.74 Å². The minimum Gasteiger partial charge on any atom is -0.493 e. The number of methoxy groups -OCH3 is 2. The van der Waals surface area contributed by atoms with Gasteiger partial charge in [0.15, 0.2) is 11.5 Å². The molecule has 0 spiro atoms. The Balaban J connectivity index is 2.69. The fraction of sp³-hybridized carbons (Fsp3) is 0.571. The molecule has 0 heterocycles. The molecule has 0 aliphatic carbocycles. The highest BCUT2D eigenvalue weighted by molar-refractivity contribution is 5.43. The molecule has 0 radical (unpaired) electrons. The summed E-state index contributed by atoms with van der Waals surface area (Å²) in [6, 6.07) is 5.83. The number of hydrogen-bond donors (Lipinski definition) is 2. The molecule has 108 valence electrons. The maximum Gasteiger partial charge on any atom is 0.161 e. The lowest BCUT2D eigenvalue weighted by atomic mass is 10.0. The summed E-state index contributed by atoms with van der Waals surface area (Å²) >= 11 is 0. The molecular formula is C14H24N2O3. The van der Waals surface area contributed by atoms with E-state index >= 15 is 0 Å². The molecule has 0 aromatic heterocycles. The normalized spacial score (nSPS) is 12.2. The van der Waals surface area contributed by atoms with Gasteiger partial charge in [-0.1, -0.05) is 13.0 Å². The summed E-state index contributed by atoms with van der Waals surface area (Å²) in [4.78, 5) is 0. The second-order valence-electron chi connectivity index (χ2n) is 4.23. The van der Waals surface area contributed by atoms with Gasteiger partial charge in [-0.3, -0.25) is 11.3 Å². The maximum atomic E-state index is 5.60. The van der Waals surface area contributed by atoms with Crippen LogP contribution in [0, 0.1) is 0 Å². The van der Waals surface area contributed by atoms with Gasteiger partial charge in [0.05, 0.1) is 14.2 Å². The molecule has 1 aromatic rings. The third-order valence-electron chi connectivity index (χ3n) is 2.91. The molecule has 1 atom stereocenters. The summed E-state index contributed by atoms with van der Waals surface area (Å²) in [6.45, 7) is 3.55. The van der Waals surface area contributed by atoms with Crippen molar-refractivity contribution in [2.75, 3.05) is 27.4 Å². The minimum atomic E-state index is 0.0386. The molecule has 0 aliphatic rings. The number of nitrogens with one attached hydrogen (secondary N) is 1. The molecule has 1 rings (SSSR count). The van der Waals surface area contributed by atoms with Crippen LogP contribution in [0.1, 0.15) is 31.4 Å². The predicted octanol–water partition coefficient (Wildman–Crippen LogP) is 2.02. The predicted molar refractivity (Wildman–Crippen MR) is 75.3 cm³/mol. The van der Waals surface area contributed by atoms with Gasteiger partial charge in [0.25, 0.3) is 0 Å². The molecule has 0 amide bonds. The Labute approximate surface area is 115 Å². The number of benzene rings is 1. The summed E-state index contributed by atoms with van der Waals surface area (Å²) in [6.07, 6.45) is 1.84. The average molecular weight is 268 g/mol. The smallest absolute Gasteiger partial charge is 0.161 e. The first kappa shape index (κ1) is 15.8. The number of rotatable bonds is 9. The van der Waals surface area contributed by atoms with E-state index in [2.05, 4.69) is 12.3 Å². The highest BCUT2D eigenvalue weighted by atomic mass is 16.5. The quantitative estimate of drug-likeness (QED) is 0.407. The second kappa shape index (κ2) is 8.74. The minimum absolute atomic E-state index is 0.0386. The van der Waals surface area contributed by atoms with E-state index in [1.165, 1.54) is 0 Å². The fourth-order valence-electron chi connectivity index (χ4n) is 1.86.